The van der Waals surface area contributed by atoms with Crippen LogP contribution in [0, 0.1) is 5.92 Å². The molecule has 1 atom stereocenters. The normalized spacial score (nSPS) is 21.0. The van der Waals surface area contributed by atoms with E-state index in [1.807, 2.05) is 24.3 Å². The average molecular weight is 334 g/mol. The summed E-state index contributed by atoms with van der Waals surface area (Å²) in [6.45, 7) is 2.26. The van der Waals surface area contributed by atoms with E-state index >= 15 is 0 Å². The van der Waals surface area contributed by atoms with Crippen LogP contribution in [0.4, 0.5) is 5.69 Å². The van der Waals surface area contributed by atoms with Gasteiger partial charge < -0.3 is 24.4 Å². The molecule has 24 heavy (non-hydrogen) atoms. The van der Waals surface area contributed by atoms with Crippen LogP contribution in [0.5, 0.6) is 5.75 Å². The molecule has 7 nitrogen and oxygen atoms in total. The lowest BCUT2D eigenvalue weighted by atomic mass is 10.1. The van der Waals surface area contributed by atoms with Crippen molar-refractivity contribution in [3.8, 4) is 5.75 Å². The molecule has 1 aromatic carbocycles. The molecule has 0 bridgehead atoms. The summed E-state index contributed by atoms with van der Waals surface area (Å²) in [7, 11) is 0. The molecule has 2 amide bonds. The molecule has 2 aliphatic heterocycles. The number of aliphatic hydroxyl groups is 1. The molecule has 2 heterocycles. The molecule has 1 aromatic rings. The second-order valence-corrected chi connectivity index (χ2v) is 6.02. The Labute approximate surface area is 140 Å². The zero-order chi connectivity index (χ0) is 16.9. The lowest BCUT2D eigenvalue weighted by molar-refractivity contribution is -0.131. The Morgan fingerprint density at radius 2 is 2.17 bits per heavy atom. The minimum Gasteiger partial charge on any atom is -0.482 e. The number of rotatable bonds is 4. The first kappa shape index (κ1) is 16.7. The van der Waals surface area contributed by atoms with Crippen LogP contribution in [-0.4, -0.2) is 67.9 Å². The Balaban J connectivity index is 1.62. The number of amides is 2. The average Bonchev–Trinajstić information content (AvgIpc) is 2.86. The van der Waals surface area contributed by atoms with Crippen LogP contribution >= 0.6 is 0 Å². The molecule has 1 unspecified atom stereocenters. The molecule has 0 radical (unpaired) electrons. The quantitative estimate of drug-likeness (QED) is 0.855. The number of aliphatic hydroxyl groups excluding tert-OH is 1. The van der Waals surface area contributed by atoms with E-state index < -0.39 is 0 Å². The standard InChI is InChI=1S/C17H22N2O5/c20-10-13-9-18(7-8-23-11-13)16(21)5-6-19-14-3-1-2-4-15(14)24-12-17(19)22/h1-4,13,20H,5-12H2. The maximum Gasteiger partial charge on any atom is 0.265 e. The monoisotopic (exact) mass is 334 g/mol. The van der Waals surface area contributed by atoms with Gasteiger partial charge in [0.05, 0.1) is 18.9 Å². The molecule has 0 aliphatic carbocycles. The lowest BCUT2D eigenvalue weighted by Crippen LogP contribution is -2.42. The zero-order valence-corrected chi connectivity index (χ0v) is 13.5. The minimum absolute atomic E-state index is 0.000888. The molecule has 2 aliphatic rings. The first-order chi connectivity index (χ1) is 11.7. The van der Waals surface area contributed by atoms with Crippen molar-refractivity contribution in [3.63, 3.8) is 0 Å². The van der Waals surface area contributed by atoms with Crippen molar-refractivity contribution in [3.05, 3.63) is 24.3 Å². The minimum atomic E-state index is -0.145. The van der Waals surface area contributed by atoms with Crippen molar-refractivity contribution >= 4 is 17.5 Å². The summed E-state index contributed by atoms with van der Waals surface area (Å²) in [6, 6.07) is 7.32. The van der Waals surface area contributed by atoms with Crippen molar-refractivity contribution < 1.29 is 24.2 Å². The Bertz CT molecular complexity index is 606. The number of carbonyl (C=O) groups excluding carboxylic acids is 2. The Hall–Kier alpha value is -2.12. The Morgan fingerprint density at radius 3 is 3.00 bits per heavy atom. The molecule has 1 N–H and O–H groups in total. The third-order valence-electron chi connectivity index (χ3n) is 4.31. The SMILES string of the molecule is O=C(CCN1C(=O)COc2ccccc21)N1CCOCC(CO)C1. The number of benzene rings is 1. The van der Waals surface area contributed by atoms with Gasteiger partial charge in [-0.25, -0.2) is 0 Å². The van der Waals surface area contributed by atoms with E-state index in [9.17, 15) is 14.7 Å². The molecule has 130 valence electrons. The zero-order valence-electron chi connectivity index (χ0n) is 13.5. The largest absolute Gasteiger partial charge is 0.482 e. The second-order valence-electron chi connectivity index (χ2n) is 6.02. The Morgan fingerprint density at radius 1 is 1.33 bits per heavy atom. The third kappa shape index (κ3) is 3.68. The van der Waals surface area contributed by atoms with Gasteiger partial charge in [-0.2, -0.15) is 0 Å². The van der Waals surface area contributed by atoms with E-state index in [1.165, 1.54) is 0 Å². The number of hydrogen-bond acceptors (Lipinski definition) is 5. The summed E-state index contributed by atoms with van der Waals surface area (Å²) in [5.74, 6) is 0.430. The highest BCUT2D eigenvalue weighted by molar-refractivity contribution is 5.98. The summed E-state index contributed by atoms with van der Waals surface area (Å²) in [5, 5.41) is 9.31. The van der Waals surface area contributed by atoms with E-state index in [2.05, 4.69) is 0 Å². The summed E-state index contributed by atoms with van der Waals surface area (Å²) in [4.78, 5) is 27.9. The fraction of sp³-hybridized carbons (Fsp3) is 0.529. The maximum atomic E-state index is 12.5. The Kier molecular flexibility index (Phi) is 5.32. The molecular weight excluding hydrogens is 312 g/mol. The maximum absolute atomic E-state index is 12.5. The van der Waals surface area contributed by atoms with E-state index in [-0.39, 0.29) is 37.4 Å². The van der Waals surface area contributed by atoms with E-state index in [1.54, 1.807) is 9.80 Å². The molecule has 0 aromatic heterocycles. The van der Waals surface area contributed by atoms with Crippen molar-refractivity contribution in [2.45, 2.75) is 6.42 Å². The third-order valence-corrected chi connectivity index (χ3v) is 4.31. The van der Waals surface area contributed by atoms with Crippen LogP contribution < -0.4 is 9.64 Å². The number of fused-ring (bicyclic) bond motifs is 1. The van der Waals surface area contributed by atoms with Crippen LogP contribution in [0.25, 0.3) is 0 Å². The van der Waals surface area contributed by atoms with E-state index in [4.69, 9.17) is 9.47 Å². The molecule has 0 saturated carbocycles. The van der Waals surface area contributed by atoms with E-state index in [0.717, 1.165) is 0 Å². The number of anilines is 1. The van der Waals surface area contributed by atoms with Crippen LogP contribution in [-0.2, 0) is 14.3 Å². The van der Waals surface area contributed by atoms with E-state index in [0.29, 0.717) is 44.3 Å². The summed E-state index contributed by atoms with van der Waals surface area (Å²) >= 11 is 0. The molecule has 3 rings (SSSR count). The van der Waals surface area contributed by atoms with Gasteiger partial charge in [-0.05, 0) is 12.1 Å². The van der Waals surface area contributed by atoms with Crippen LogP contribution in [0.3, 0.4) is 0 Å². The van der Waals surface area contributed by atoms with Gasteiger partial charge in [-0.3, -0.25) is 9.59 Å². The summed E-state index contributed by atoms with van der Waals surface area (Å²) in [5.41, 5.74) is 0.703. The molecule has 0 spiro atoms. The van der Waals surface area contributed by atoms with Crippen molar-refractivity contribution in [2.24, 2.45) is 5.92 Å². The lowest BCUT2D eigenvalue weighted by Gasteiger charge is -2.30. The van der Waals surface area contributed by atoms with Gasteiger partial charge >= 0.3 is 0 Å². The van der Waals surface area contributed by atoms with Gasteiger partial charge in [0.1, 0.15) is 5.75 Å². The van der Waals surface area contributed by atoms with Crippen LogP contribution in [0.2, 0.25) is 0 Å². The fourth-order valence-corrected chi connectivity index (χ4v) is 2.98. The van der Waals surface area contributed by atoms with Crippen molar-refractivity contribution in [1.82, 2.24) is 4.90 Å². The van der Waals surface area contributed by atoms with Gasteiger partial charge in [-0.1, -0.05) is 12.1 Å². The number of ether oxygens (including phenoxy) is 2. The highest BCUT2D eigenvalue weighted by Gasteiger charge is 2.27. The predicted octanol–water partition coefficient (Wildman–Crippen LogP) is 0.269. The second kappa shape index (κ2) is 7.63. The molecule has 7 heteroatoms. The first-order valence-corrected chi connectivity index (χ1v) is 8.17. The highest BCUT2D eigenvalue weighted by atomic mass is 16.5. The molecule has 1 fully saturated rings. The van der Waals surface area contributed by atoms with Gasteiger partial charge in [0, 0.05) is 38.6 Å². The number of para-hydroxylation sites is 2. The predicted molar refractivity (Wildman–Crippen MR) is 86.9 cm³/mol. The van der Waals surface area contributed by atoms with Gasteiger partial charge in [0.25, 0.3) is 5.91 Å². The molecule has 1 saturated heterocycles. The van der Waals surface area contributed by atoms with Crippen molar-refractivity contribution in [2.75, 3.05) is 51.0 Å². The van der Waals surface area contributed by atoms with Crippen LogP contribution in [0.15, 0.2) is 24.3 Å². The number of nitrogens with zero attached hydrogens (tertiary/aromatic N) is 2. The topological polar surface area (TPSA) is 79.3 Å². The smallest absolute Gasteiger partial charge is 0.265 e. The van der Waals surface area contributed by atoms with Gasteiger partial charge in [-0.15, -0.1) is 0 Å². The first-order valence-electron chi connectivity index (χ1n) is 8.17. The number of hydrogen-bond donors (Lipinski definition) is 1. The van der Waals surface area contributed by atoms with Gasteiger partial charge in [0.2, 0.25) is 5.91 Å². The summed E-state index contributed by atoms with van der Waals surface area (Å²) < 4.78 is 10.8. The van der Waals surface area contributed by atoms with Gasteiger partial charge in [0.15, 0.2) is 6.61 Å². The number of carbonyl (C=O) groups is 2. The summed E-state index contributed by atoms with van der Waals surface area (Å²) in [6.07, 6.45) is 0.234. The highest BCUT2D eigenvalue weighted by Crippen LogP contribution is 2.31. The fourth-order valence-electron chi connectivity index (χ4n) is 2.98. The van der Waals surface area contributed by atoms with Crippen molar-refractivity contribution in [1.29, 1.82) is 0 Å². The molecular formula is C17H22N2O5. The van der Waals surface area contributed by atoms with Crippen LogP contribution in [0.1, 0.15) is 6.42 Å².